The largest absolute Gasteiger partial charge is 0.495 e. The van der Waals surface area contributed by atoms with Crippen molar-refractivity contribution in [1.29, 1.82) is 5.26 Å². The fourth-order valence-corrected chi connectivity index (χ4v) is 3.14. The normalized spacial score (nSPS) is 11.1. The van der Waals surface area contributed by atoms with Crippen molar-refractivity contribution in [2.45, 2.75) is 6.61 Å². The van der Waals surface area contributed by atoms with Crippen molar-refractivity contribution in [1.82, 2.24) is 9.97 Å². The first kappa shape index (κ1) is 20.7. The summed E-state index contributed by atoms with van der Waals surface area (Å²) in [5.41, 5.74) is 3.03. The molecular formula is C25H20N4O3. The molecule has 7 heteroatoms. The molecule has 3 aromatic carbocycles. The molecule has 4 rings (SSSR count). The quantitative estimate of drug-likeness (QED) is 0.331. The molecule has 1 amide bonds. The molecule has 32 heavy (non-hydrogen) atoms. The molecule has 0 unspecified atom stereocenters. The highest BCUT2D eigenvalue weighted by molar-refractivity contribution is 6.10. The zero-order valence-corrected chi connectivity index (χ0v) is 17.3. The predicted molar refractivity (Wildman–Crippen MR) is 122 cm³/mol. The number of H-pyrrole nitrogens is 1. The Bertz CT molecular complexity index is 1280. The number of hydrogen-bond acceptors (Lipinski definition) is 5. The number of anilines is 1. The van der Waals surface area contributed by atoms with Gasteiger partial charge in [-0.15, -0.1) is 0 Å². The molecule has 0 bridgehead atoms. The van der Waals surface area contributed by atoms with Crippen LogP contribution in [0.4, 0.5) is 5.69 Å². The Kier molecular flexibility index (Phi) is 6.14. The van der Waals surface area contributed by atoms with E-state index in [1.165, 1.54) is 13.2 Å². The lowest BCUT2D eigenvalue weighted by atomic mass is 10.1. The molecule has 0 atom stereocenters. The van der Waals surface area contributed by atoms with Crippen LogP contribution in [0.15, 0.2) is 78.4 Å². The van der Waals surface area contributed by atoms with Crippen LogP contribution in [0.1, 0.15) is 11.4 Å². The molecule has 0 aliphatic carbocycles. The lowest BCUT2D eigenvalue weighted by molar-refractivity contribution is -0.112. The summed E-state index contributed by atoms with van der Waals surface area (Å²) >= 11 is 0. The van der Waals surface area contributed by atoms with Crippen LogP contribution in [-0.4, -0.2) is 23.0 Å². The SMILES string of the molecule is COc1ccccc1NC(=O)/C(C#N)=C/c1ccc(OCc2nc3ccccc3[nH]2)cc1. The van der Waals surface area contributed by atoms with Crippen molar-refractivity contribution >= 4 is 28.7 Å². The number of methoxy groups -OCH3 is 1. The van der Waals surface area contributed by atoms with Gasteiger partial charge in [-0.25, -0.2) is 4.98 Å². The topological polar surface area (TPSA) is 100 Å². The van der Waals surface area contributed by atoms with Gasteiger partial charge in [0.25, 0.3) is 5.91 Å². The minimum atomic E-state index is -0.512. The third kappa shape index (κ3) is 4.77. The Morgan fingerprint density at radius 3 is 2.59 bits per heavy atom. The molecule has 1 aromatic heterocycles. The van der Waals surface area contributed by atoms with Crippen molar-refractivity contribution in [2.24, 2.45) is 0 Å². The first-order valence-electron chi connectivity index (χ1n) is 9.89. The number of carbonyl (C=O) groups excluding carboxylic acids is 1. The van der Waals surface area contributed by atoms with Crippen LogP contribution in [0.5, 0.6) is 11.5 Å². The summed E-state index contributed by atoms with van der Waals surface area (Å²) in [6.45, 7) is 0.300. The average molecular weight is 424 g/mol. The van der Waals surface area contributed by atoms with E-state index in [-0.39, 0.29) is 5.57 Å². The summed E-state index contributed by atoms with van der Waals surface area (Å²) in [6.07, 6.45) is 1.52. The molecule has 0 fully saturated rings. The van der Waals surface area contributed by atoms with Gasteiger partial charge in [0, 0.05) is 0 Å². The molecule has 0 aliphatic rings. The minimum absolute atomic E-state index is 0.0214. The van der Waals surface area contributed by atoms with Crippen molar-refractivity contribution in [3.63, 3.8) is 0 Å². The number of benzene rings is 3. The molecule has 0 saturated heterocycles. The highest BCUT2D eigenvalue weighted by Gasteiger charge is 2.12. The lowest BCUT2D eigenvalue weighted by Crippen LogP contribution is -2.14. The van der Waals surface area contributed by atoms with Crippen molar-refractivity contribution in [3.05, 3.63) is 89.8 Å². The Balaban J connectivity index is 1.41. The first-order valence-corrected chi connectivity index (χ1v) is 9.89. The molecule has 1 heterocycles. The van der Waals surface area contributed by atoms with Gasteiger partial charge in [0.05, 0.1) is 23.8 Å². The monoisotopic (exact) mass is 424 g/mol. The van der Waals surface area contributed by atoms with Gasteiger partial charge >= 0.3 is 0 Å². The van der Waals surface area contributed by atoms with Gasteiger partial charge in [0.1, 0.15) is 35.6 Å². The van der Waals surface area contributed by atoms with Gasteiger partial charge < -0.3 is 19.8 Å². The lowest BCUT2D eigenvalue weighted by Gasteiger charge is -2.09. The number of rotatable bonds is 7. The number of carbonyl (C=O) groups is 1. The molecule has 0 spiro atoms. The highest BCUT2D eigenvalue weighted by Crippen LogP contribution is 2.24. The second-order valence-electron chi connectivity index (χ2n) is 6.88. The first-order chi connectivity index (χ1) is 15.7. The van der Waals surface area contributed by atoms with E-state index in [4.69, 9.17) is 9.47 Å². The number of aromatic amines is 1. The maximum absolute atomic E-state index is 12.5. The highest BCUT2D eigenvalue weighted by atomic mass is 16.5. The van der Waals surface area contributed by atoms with Gasteiger partial charge in [-0.2, -0.15) is 5.26 Å². The smallest absolute Gasteiger partial charge is 0.266 e. The fourth-order valence-electron chi connectivity index (χ4n) is 3.14. The molecule has 0 aliphatic heterocycles. The predicted octanol–water partition coefficient (Wildman–Crippen LogP) is 4.70. The van der Waals surface area contributed by atoms with Gasteiger partial charge in [-0.3, -0.25) is 4.79 Å². The second kappa shape index (κ2) is 9.49. The molecular weight excluding hydrogens is 404 g/mol. The molecule has 0 radical (unpaired) electrons. The van der Waals surface area contributed by atoms with Crippen LogP contribution in [0.3, 0.4) is 0 Å². The number of fused-ring (bicyclic) bond motifs is 1. The van der Waals surface area contributed by atoms with Crippen LogP contribution in [0.25, 0.3) is 17.1 Å². The Labute approximate surface area is 184 Å². The zero-order chi connectivity index (χ0) is 22.3. The average Bonchev–Trinajstić information content (AvgIpc) is 3.25. The number of hydrogen-bond donors (Lipinski definition) is 2. The number of nitrogens with zero attached hydrogens (tertiary/aromatic N) is 2. The van der Waals surface area contributed by atoms with E-state index in [2.05, 4.69) is 15.3 Å². The second-order valence-corrected chi connectivity index (χ2v) is 6.88. The Hall–Kier alpha value is -4.57. The van der Waals surface area contributed by atoms with Gasteiger partial charge in [-0.1, -0.05) is 36.4 Å². The van der Waals surface area contributed by atoms with E-state index in [0.717, 1.165) is 16.9 Å². The van der Waals surface area contributed by atoms with E-state index in [1.807, 2.05) is 30.3 Å². The van der Waals surface area contributed by atoms with Crippen LogP contribution in [0, 0.1) is 11.3 Å². The molecule has 0 saturated carbocycles. The fraction of sp³-hybridized carbons (Fsp3) is 0.0800. The molecule has 2 N–H and O–H groups in total. The van der Waals surface area contributed by atoms with Crippen LogP contribution in [0.2, 0.25) is 0 Å². The van der Waals surface area contributed by atoms with E-state index in [1.54, 1.807) is 48.5 Å². The summed E-state index contributed by atoms with van der Waals surface area (Å²) in [7, 11) is 1.52. The maximum Gasteiger partial charge on any atom is 0.266 e. The van der Waals surface area contributed by atoms with Crippen molar-refractivity contribution in [2.75, 3.05) is 12.4 Å². The van der Waals surface area contributed by atoms with Crippen LogP contribution in [-0.2, 0) is 11.4 Å². The molecule has 7 nitrogen and oxygen atoms in total. The third-order valence-corrected chi connectivity index (χ3v) is 4.73. The summed E-state index contributed by atoms with van der Waals surface area (Å²) in [5.74, 6) is 1.39. The Morgan fingerprint density at radius 1 is 1.09 bits per heavy atom. The number of imidazole rings is 1. The third-order valence-electron chi connectivity index (χ3n) is 4.73. The number of ether oxygens (including phenoxy) is 2. The van der Waals surface area contributed by atoms with Gasteiger partial charge in [0.2, 0.25) is 0 Å². The molecule has 4 aromatic rings. The standard InChI is InChI=1S/C25H20N4O3/c1-31-23-9-5-4-8-22(23)29-25(30)18(15-26)14-17-10-12-19(13-11-17)32-16-24-27-20-6-2-3-7-21(20)28-24/h2-14H,16H2,1H3,(H,27,28)(H,29,30)/b18-14+. The van der Waals surface area contributed by atoms with Gasteiger partial charge in [-0.05, 0) is 48.0 Å². The summed E-state index contributed by atoms with van der Waals surface area (Å²) in [5, 5.41) is 12.1. The summed E-state index contributed by atoms with van der Waals surface area (Å²) < 4.78 is 11.0. The minimum Gasteiger partial charge on any atom is -0.495 e. The number of amides is 1. The van der Waals surface area contributed by atoms with E-state index >= 15 is 0 Å². The van der Waals surface area contributed by atoms with E-state index < -0.39 is 5.91 Å². The van der Waals surface area contributed by atoms with E-state index in [9.17, 15) is 10.1 Å². The number of aromatic nitrogens is 2. The van der Waals surface area contributed by atoms with Crippen molar-refractivity contribution in [3.8, 4) is 17.6 Å². The number of para-hydroxylation sites is 4. The van der Waals surface area contributed by atoms with Crippen molar-refractivity contribution < 1.29 is 14.3 Å². The summed E-state index contributed by atoms with van der Waals surface area (Å²) in [6, 6.07) is 23.9. The van der Waals surface area contributed by atoms with Crippen LogP contribution >= 0.6 is 0 Å². The van der Waals surface area contributed by atoms with Gasteiger partial charge in [0.15, 0.2) is 0 Å². The number of nitrogens with one attached hydrogen (secondary N) is 2. The number of nitriles is 1. The maximum atomic E-state index is 12.5. The Morgan fingerprint density at radius 2 is 1.84 bits per heavy atom. The van der Waals surface area contributed by atoms with E-state index in [0.29, 0.717) is 29.4 Å². The summed E-state index contributed by atoms with van der Waals surface area (Å²) in [4.78, 5) is 20.2. The zero-order valence-electron chi connectivity index (χ0n) is 17.3. The molecule has 158 valence electrons. The van der Waals surface area contributed by atoms with Crippen LogP contribution < -0.4 is 14.8 Å².